The number of carbonyl (C=O) groups is 1. The largest absolute Gasteiger partial charge is 0.396 e. The van der Waals surface area contributed by atoms with E-state index in [-0.39, 0.29) is 0 Å². The molecular weight excluding hydrogens is 226 g/mol. The summed E-state index contributed by atoms with van der Waals surface area (Å²) in [5, 5.41) is 3.16. The highest BCUT2D eigenvalue weighted by molar-refractivity contribution is 6.01. The van der Waals surface area contributed by atoms with Crippen molar-refractivity contribution in [2.24, 2.45) is 5.73 Å². The minimum absolute atomic E-state index is 0.326. The van der Waals surface area contributed by atoms with Crippen LogP contribution in [-0.4, -0.2) is 5.91 Å². The lowest BCUT2D eigenvalue weighted by Crippen LogP contribution is -2.14. The number of nitrogen functional groups attached to an aromatic ring is 1. The summed E-state index contributed by atoms with van der Waals surface area (Å²) in [6.07, 6.45) is 0. The van der Waals surface area contributed by atoms with Crippen LogP contribution in [0.2, 0.25) is 0 Å². The molecular formula is C14H15N3O. The van der Waals surface area contributed by atoms with E-state index in [2.05, 4.69) is 5.32 Å². The number of benzene rings is 2. The summed E-state index contributed by atoms with van der Waals surface area (Å²) in [7, 11) is 0. The quantitative estimate of drug-likeness (QED) is 0.722. The molecule has 5 N–H and O–H groups in total. The Morgan fingerprint density at radius 3 is 2.39 bits per heavy atom. The molecule has 0 fully saturated rings. The van der Waals surface area contributed by atoms with Crippen LogP contribution in [0, 0.1) is 6.92 Å². The van der Waals surface area contributed by atoms with Crippen LogP contribution in [0.25, 0.3) is 0 Å². The number of hydrogen-bond acceptors (Lipinski definition) is 3. The van der Waals surface area contributed by atoms with Gasteiger partial charge in [-0.3, -0.25) is 4.79 Å². The zero-order valence-electron chi connectivity index (χ0n) is 10.1. The third kappa shape index (κ3) is 2.43. The number of hydrogen-bond donors (Lipinski definition) is 3. The van der Waals surface area contributed by atoms with Gasteiger partial charge in [0.25, 0.3) is 5.91 Å². The second kappa shape index (κ2) is 4.79. The predicted molar refractivity (Wildman–Crippen MR) is 73.8 cm³/mol. The zero-order valence-corrected chi connectivity index (χ0v) is 10.1. The molecule has 2 rings (SSSR count). The topological polar surface area (TPSA) is 81.1 Å². The van der Waals surface area contributed by atoms with Crippen molar-refractivity contribution in [2.75, 3.05) is 11.1 Å². The molecule has 4 nitrogen and oxygen atoms in total. The summed E-state index contributed by atoms with van der Waals surface area (Å²) in [5.41, 5.74) is 14.6. The van der Waals surface area contributed by atoms with E-state index in [4.69, 9.17) is 11.5 Å². The molecule has 0 spiro atoms. The maximum atomic E-state index is 11.2. The molecule has 0 aliphatic heterocycles. The molecule has 0 aliphatic carbocycles. The fourth-order valence-electron chi connectivity index (χ4n) is 1.68. The van der Waals surface area contributed by atoms with Gasteiger partial charge in [0.05, 0.1) is 16.9 Å². The average Bonchev–Trinajstić information content (AvgIpc) is 2.34. The van der Waals surface area contributed by atoms with E-state index in [0.717, 1.165) is 5.69 Å². The SMILES string of the molecule is Cc1ccc(Nc2cccc(C(N)=O)c2N)cc1. The van der Waals surface area contributed by atoms with Crippen molar-refractivity contribution in [1.29, 1.82) is 0 Å². The van der Waals surface area contributed by atoms with Crippen molar-refractivity contribution in [2.45, 2.75) is 6.92 Å². The lowest BCUT2D eigenvalue weighted by molar-refractivity contribution is 0.100. The van der Waals surface area contributed by atoms with Crippen molar-refractivity contribution in [3.8, 4) is 0 Å². The number of rotatable bonds is 3. The summed E-state index contributed by atoms with van der Waals surface area (Å²) < 4.78 is 0. The Balaban J connectivity index is 2.32. The highest BCUT2D eigenvalue weighted by Gasteiger charge is 2.09. The summed E-state index contributed by atoms with van der Waals surface area (Å²) in [5.74, 6) is -0.528. The van der Waals surface area contributed by atoms with Gasteiger partial charge >= 0.3 is 0 Å². The number of anilines is 3. The van der Waals surface area contributed by atoms with Crippen molar-refractivity contribution in [3.05, 3.63) is 53.6 Å². The summed E-state index contributed by atoms with van der Waals surface area (Å²) >= 11 is 0. The van der Waals surface area contributed by atoms with Gasteiger partial charge in [0.2, 0.25) is 0 Å². The highest BCUT2D eigenvalue weighted by atomic mass is 16.1. The molecule has 0 saturated heterocycles. The first-order valence-corrected chi connectivity index (χ1v) is 5.60. The van der Waals surface area contributed by atoms with Gasteiger partial charge in [-0.25, -0.2) is 0 Å². The molecule has 2 aromatic rings. The van der Waals surface area contributed by atoms with Crippen LogP contribution in [0.3, 0.4) is 0 Å². The van der Waals surface area contributed by atoms with Gasteiger partial charge in [-0.15, -0.1) is 0 Å². The van der Waals surface area contributed by atoms with E-state index in [1.165, 1.54) is 5.56 Å². The molecule has 0 aromatic heterocycles. The summed E-state index contributed by atoms with van der Waals surface area (Å²) in [6, 6.07) is 13.1. The smallest absolute Gasteiger partial charge is 0.250 e. The van der Waals surface area contributed by atoms with Crippen LogP contribution in [0.4, 0.5) is 17.1 Å². The van der Waals surface area contributed by atoms with Gasteiger partial charge in [0.15, 0.2) is 0 Å². The number of amides is 1. The van der Waals surface area contributed by atoms with Gasteiger partial charge in [-0.1, -0.05) is 23.8 Å². The van der Waals surface area contributed by atoms with Gasteiger partial charge in [-0.05, 0) is 31.2 Å². The monoisotopic (exact) mass is 241 g/mol. The number of para-hydroxylation sites is 1. The molecule has 18 heavy (non-hydrogen) atoms. The van der Waals surface area contributed by atoms with Gasteiger partial charge in [-0.2, -0.15) is 0 Å². The van der Waals surface area contributed by atoms with Gasteiger partial charge in [0, 0.05) is 5.69 Å². The molecule has 2 aromatic carbocycles. The van der Waals surface area contributed by atoms with E-state index in [0.29, 0.717) is 16.9 Å². The van der Waals surface area contributed by atoms with Crippen LogP contribution in [0.15, 0.2) is 42.5 Å². The first-order chi connectivity index (χ1) is 8.58. The molecule has 0 atom stereocenters. The van der Waals surface area contributed by atoms with E-state index in [9.17, 15) is 4.79 Å². The highest BCUT2D eigenvalue weighted by Crippen LogP contribution is 2.26. The summed E-state index contributed by atoms with van der Waals surface area (Å²) in [6.45, 7) is 2.02. The maximum Gasteiger partial charge on any atom is 0.250 e. The van der Waals surface area contributed by atoms with Gasteiger partial charge in [0.1, 0.15) is 0 Å². The fraction of sp³-hybridized carbons (Fsp3) is 0.0714. The van der Waals surface area contributed by atoms with Crippen LogP contribution in [0.1, 0.15) is 15.9 Å². The van der Waals surface area contributed by atoms with Crippen LogP contribution >= 0.6 is 0 Å². The Morgan fingerprint density at radius 1 is 1.11 bits per heavy atom. The standard InChI is InChI=1S/C14H15N3O/c1-9-5-7-10(8-6-9)17-12-4-2-3-11(13(12)15)14(16)18/h2-8,17H,15H2,1H3,(H2,16,18). The lowest BCUT2D eigenvalue weighted by atomic mass is 10.1. The Hall–Kier alpha value is -2.49. The van der Waals surface area contributed by atoms with Crippen molar-refractivity contribution in [3.63, 3.8) is 0 Å². The molecule has 1 amide bonds. The van der Waals surface area contributed by atoms with E-state index >= 15 is 0 Å². The first kappa shape index (κ1) is 12.0. The number of nitrogens with two attached hydrogens (primary N) is 2. The lowest BCUT2D eigenvalue weighted by Gasteiger charge is -2.11. The Kier molecular flexibility index (Phi) is 3.19. The van der Waals surface area contributed by atoms with Crippen LogP contribution < -0.4 is 16.8 Å². The number of aryl methyl sites for hydroxylation is 1. The van der Waals surface area contributed by atoms with Crippen molar-refractivity contribution in [1.82, 2.24) is 0 Å². The third-order valence-electron chi connectivity index (χ3n) is 2.70. The van der Waals surface area contributed by atoms with Gasteiger partial charge < -0.3 is 16.8 Å². The third-order valence-corrected chi connectivity index (χ3v) is 2.70. The van der Waals surface area contributed by atoms with Crippen molar-refractivity contribution < 1.29 is 4.79 Å². The Morgan fingerprint density at radius 2 is 1.78 bits per heavy atom. The van der Waals surface area contributed by atoms with E-state index in [1.807, 2.05) is 37.3 Å². The predicted octanol–water partition coefficient (Wildman–Crippen LogP) is 2.42. The molecule has 4 heteroatoms. The van der Waals surface area contributed by atoms with Crippen LogP contribution in [-0.2, 0) is 0 Å². The molecule has 0 aliphatic rings. The minimum Gasteiger partial charge on any atom is -0.396 e. The fourth-order valence-corrected chi connectivity index (χ4v) is 1.68. The summed E-state index contributed by atoms with van der Waals surface area (Å²) in [4.78, 5) is 11.2. The molecule has 92 valence electrons. The normalized spacial score (nSPS) is 10.1. The maximum absolute atomic E-state index is 11.2. The second-order valence-corrected chi connectivity index (χ2v) is 4.12. The minimum atomic E-state index is -0.528. The Bertz CT molecular complexity index is 576. The average molecular weight is 241 g/mol. The first-order valence-electron chi connectivity index (χ1n) is 5.60. The second-order valence-electron chi connectivity index (χ2n) is 4.12. The molecule has 0 saturated carbocycles. The number of nitrogens with one attached hydrogen (secondary N) is 1. The molecule has 0 heterocycles. The van der Waals surface area contributed by atoms with Crippen LogP contribution in [0.5, 0.6) is 0 Å². The molecule has 0 radical (unpaired) electrons. The van der Waals surface area contributed by atoms with Crippen molar-refractivity contribution >= 4 is 23.0 Å². The van der Waals surface area contributed by atoms with E-state index in [1.54, 1.807) is 12.1 Å². The molecule has 0 unspecified atom stereocenters. The zero-order chi connectivity index (χ0) is 13.1. The van der Waals surface area contributed by atoms with E-state index < -0.39 is 5.91 Å². The molecule has 0 bridgehead atoms. The number of carbonyl (C=O) groups excluding carboxylic acids is 1. The number of primary amides is 1. The Labute approximate surface area is 106 Å².